The Morgan fingerprint density at radius 2 is 1.95 bits per heavy atom. The molecule has 0 spiro atoms. The summed E-state index contributed by atoms with van der Waals surface area (Å²) in [6.07, 6.45) is 7.12. The van der Waals surface area contributed by atoms with E-state index in [-0.39, 0.29) is 12.5 Å². The third-order valence-corrected chi connectivity index (χ3v) is 3.94. The molecule has 0 aromatic heterocycles. The van der Waals surface area contributed by atoms with Gasteiger partial charge in [-0.2, -0.15) is 0 Å². The molecule has 1 aromatic rings. The summed E-state index contributed by atoms with van der Waals surface area (Å²) >= 11 is 3.35. The lowest BCUT2D eigenvalue weighted by molar-refractivity contribution is -0.123. The fourth-order valence-corrected chi connectivity index (χ4v) is 3.00. The molecule has 0 radical (unpaired) electrons. The molecule has 0 heterocycles. The molecule has 20 heavy (non-hydrogen) atoms. The molecule has 0 atom stereocenters. The molecule has 4 nitrogen and oxygen atoms in total. The lowest BCUT2D eigenvalue weighted by atomic mass is 10.1. The fraction of sp³-hybridized carbons (Fsp3) is 0.533. The molecule has 1 aromatic carbocycles. The van der Waals surface area contributed by atoms with E-state index in [9.17, 15) is 4.79 Å². The predicted octanol–water partition coefficient (Wildman–Crippen LogP) is 3.25. The lowest BCUT2D eigenvalue weighted by Crippen LogP contribution is -2.37. The van der Waals surface area contributed by atoms with Gasteiger partial charge in [-0.1, -0.05) is 41.6 Å². The van der Waals surface area contributed by atoms with Crippen molar-refractivity contribution in [2.75, 3.05) is 12.3 Å². The van der Waals surface area contributed by atoms with Crippen LogP contribution in [-0.4, -0.2) is 18.6 Å². The van der Waals surface area contributed by atoms with Crippen molar-refractivity contribution in [3.05, 3.63) is 22.7 Å². The zero-order valence-electron chi connectivity index (χ0n) is 11.5. The summed E-state index contributed by atoms with van der Waals surface area (Å²) in [6, 6.07) is 5.61. The van der Waals surface area contributed by atoms with Crippen molar-refractivity contribution in [1.29, 1.82) is 0 Å². The van der Waals surface area contributed by atoms with Crippen LogP contribution < -0.4 is 15.8 Å². The van der Waals surface area contributed by atoms with Crippen molar-refractivity contribution in [3.8, 4) is 5.75 Å². The van der Waals surface area contributed by atoms with Crippen LogP contribution in [0.3, 0.4) is 0 Å². The van der Waals surface area contributed by atoms with Crippen LogP contribution in [0.4, 0.5) is 5.69 Å². The molecule has 0 aliphatic heterocycles. The van der Waals surface area contributed by atoms with Gasteiger partial charge in [-0.05, 0) is 25.0 Å². The molecule has 1 amide bonds. The Hall–Kier alpha value is -1.23. The molecule has 110 valence electrons. The van der Waals surface area contributed by atoms with Gasteiger partial charge >= 0.3 is 0 Å². The maximum Gasteiger partial charge on any atom is 0.258 e. The highest BCUT2D eigenvalue weighted by atomic mass is 79.9. The fourth-order valence-electron chi connectivity index (χ4n) is 2.51. The van der Waals surface area contributed by atoms with E-state index >= 15 is 0 Å². The Kier molecular flexibility index (Phi) is 5.71. The Morgan fingerprint density at radius 1 is 1.25 bits per heavy atom. The van der Waals surface area contributed by atoms with Crippen molar-refractivity contribution >= 4 is 27.5 Å². The van der Waals surface area contributed by atoms with Gasteiger partial charge in [0, 0.05) is 22.3 Å². The van der Waals surface area contributed by atoms with E-state index in [4.69, 9.17) is 10.5 Å². The molecule has 1 aliphatic carbocycles. The topological polar surface area (TPSA) is 64.3 Å². The van der Waals surface area contributed by atoms with E-state index in [1.807, 2.05) is 0 Å². The van der Waals surface area contributed by atoms with E-state index in [2.05, 4.69) is 21.2 Å². The summed E-state index contributed by atoms with van der Waals surface area (Å²) in [6.45, 7) is 0.0341. The smallest absolute Gasteiger partial charge is 0.258 e. The van der Waals surface area contributed by atoms with Crippen molar-refractivity contribution in [2.24, 2.45) is 0 Å². The van der Waals surface area contributed by atoms with Crippen molar-refractivity contribution < 1.29 is 9.53 Å². The molecule has 0 unspecified atom stereocenters. The highest BCUT2D eigenvalue weighted by Gasteiger charge is 2.14. The number of nitrogen functional groups attached to an aromatic ring is 1. The predicted molar refractivity (Wildman–Crippen MR) is 83.7 cm³/mol. The number of rotatable bonds is 4. The Labute approximate surface area is 128 Å². The normalized spacial score (nSPS) is 16.4. The van der Waals surface area contributed by atoms with Gasteiger partial charge < -0.3 is 15.8 Å². The van der Waals surface area contributed by atoms with Crippen molar-refractivity contribution in [2.45, 2.75) is 44.6 Å². The minimum absolute atomic E-state index is 0.0341. The van der Waals surface area contributed by atoms with Crippen LogP contribution in [0.1, 0.15) is 38.5 Å². The number of hydrogen-bond donors (Lipinski definition) is 2. The first kappa shape index (κ1) is 15.2. The van der Waals surface area contributed by atoms with Crippen LogP contribution in [-0.2, 0) is 4.79 Å². The summed E-state index contributed by atoms with van der Waals surface area (Å²) < 4.78 is 6.32. The summed E-state index contributed by atoms with van der Waals surface area (Å²) in [5, 5.41) is 3.05. The van der Waals surface area contributed by atoms with Gasteiger partial charge in [-0.25, -0.2) is 0 Å². The maximum atomic E-state index is 11.9. The molecule has 2 rings (SSSR count). The van der Waals surface area contributed by atoms with Gasteiger partial charge in [0.2, 0.25) is 0 Å². The SMILES string of the molecule is Nc1cc(Br)cc(OCC(=O)NC2CCCCCC2)c1. The standard InChI is InChI=1S/C15H21BrN2O2/c16-11-7-12(17)9-14(8-11)20-10-15(19)18-13-5-3-1-2-4-6-13/h7-9,13H,1-6,10,17H2,(H,18,19). The number of nitrogens with one attached hydrogen (secondary N) is 1. The molecule has 1 saturated carbocycles. The van der Waals surface area contributed by atoms with Gasteiger partial charge in [-0.15, -0.1) is 0 Å². The lowest BCUT2D eigenvalue weighted by Gasteiger charge is -2.16. The van der Waals surface area contributed by atoms with Crippen LogP contribution in [0, 0.1) is 0 Å². The molecule has 1 aliphatic rings. The van der Waals surface area contributed by atoms with Crippen LogP contribution >= 0.6 is 15.9 Å². The maximum absolute atomic E-state index is 11.9. The number of halogens is 1. The highest BCUT2D eigenvalue weighted by molar-refractivity contribution is 9.10. The Morgan fingerprint density at radius 3 is 2.60 bits per heavy atom. The second kappa shape index (κ2) is 7.53. The average Bonchev–Trinajstić information content (AvgIpc) is 2.64. The third-order valence-electron chi connectivity index (χ3n) is 3.48. The minimum atomic E-state index is -0.0598. The molecule has 3 N–H and O–H groups in total. The van der Waals surface area contributed by atoms with Crippen molar-refractivity contribution in [1.82, 2.24) is 5.32 Å². The van der Waals surface area contributed by atoms with Crippen LogP contribution in [0.25, 0.3) is 0 Å². The second-order valence-electron chi connectivity index (χ2n) is 5.26. The van der Waals surface area contributed by atoms with Crippen LogP contribution in [0.5, 0.6) is 5.75 Å². The Balaban J connectivity index is 1.79. The number of anilines is 1. The van der Waals surface area contributed by atoms with E-state index in [0.29, 0.717) is 17.5 Å². The number of amides is 1. The molecule has 5 heteroatoms. The minimum Gasteiger partial charge on any atom is -0.484 e. The highest BCUT2D eigenvalue weighted by Crippen LogP contribution is 2.22. The summed E-state index contributed by atoms with van der Waals surface area (Å²) in [5.41, 5.74) is 6.33. The zero-order chi connectivity index (χ0) is 14.4. The second-order valence-corrected chi connectivity index (χ2v) is 6.18. The molecular weight excluding hydrogens is 320 g/mol. The molecule has 0 saturated heterocycles. The van der Waals surface area contributed by atoms with E-state index in [1.165, 1.54) is 25.7 Å². The first-order chi connectivity index (χ1) is 9.63. The van der Waals surface area contributed by atoms with Gasteiger partial charge in [0.05, 0.1) is 0 Å². The summed E-state index contributed by atoms with van der Waals surface area (Å²) in [5.74, 6) is 0.545. The van der Waals surface area contributed by atoms with Crippen LogP contribution in [0.15, 0.2) is 22.7 Å². The largest absolute Gasteiger partial charge is 0.484 e. The van der Waals surface area contributed by atoms with E-state index < -0.39 is 0 Å². The molecule has 0 bridgehead atoms. The first-order valence-corrected chi connectivity index (χ1v) is 7.91. The average molecular weight is 341 g/mol. The molecular formula is C15H21BrN2O2. The summed E-state index contributed by atoms with van der Waals surface area (Å²) in [4.78, 5) is 11.9. The summed E-state index contributed by atoms with van der Waals surface area (Å²) in [7, 11) is 0. The zero-order valence-corrected chi connectivity index (χ0v) is 13.1. The first-order valence-electron chi connectivity index (χ1n) is 7.12. The van der Waals surface area contributed by atoms with Gasteiger partial charge in [0.25, 0.3) is 5.91 Å². The third kappa shape index (κ3) is 5.04. The number of ether oxygens (including phenoxy) is 1. The van der Waals surface area contributed by atoms with Gasteiger partial charge in [-0.3, -0.25) is 4.79 Å². The Bertz CT molecular complexity index is 437. The van der Waals surface area contributed by atoms with Crippen LogP contribution in [0.2, 0.25) is 0 Å². The van der Waals surface area contributed by atoms with Gasteiger partial charge in [0.1, 0.15) is 5.75 Å². The van der Waals surface area contributed by atoms with Crippen molar-refractivity contribution in [3.63, 3.8) is 0 Å². The molecule has 1 fully saturated rings. The number of benzene rings is 1. The van der Waals surface area contributed by atoms with E-state index in [0.717, 1.165) is 17.3 Å². The number of carbonyl (C=O) groups excluding carboxylic acids is 1. The number of hydrogen-bond acceptors (Lipinski definition) is 3. The number of carbonyl (C=O) groups is 1. The van der Waals surface area contributed by atoms with E-state index in [1.54, 1.807) is 18.2 Å². The quantitative estimate of drug-likeness (QED) is 0.653. The van der Waals surface area contributed by atoms with Gasteiger partial charge in [0.15, 0.2) is 6.61 Å². The number of nitrogens with two attached hydrogens (primary N) is 1. The monoisotopic (exact) mass is 340 g/mol.